The van der Waals surface area contributed by atoms with Crippen LogP contribution in [-0.2, 0) is 11.3 Å². The van der Waals surface area contributed by atoms with E-state index in [2.05, 4.69) is 30.8 Å². The fourth-order valence-corrected chi connectivity index (χ4v) is 3.41. The molecule has 27 heavy (non-hydrogen) atoms. The third kappa shape index (κ3) is 14.6. The van der Waals surface area contributed by atoms with Crippen LogP contribution in [0.5, 0.6) is 0 Å². The molecule has 0 spiro atoms. The highest BCUT2D eigenvalue weighted by Gasteiger charge is 1.96. The summed E-state index contributed by atoms with van der Waals surface area (Å²) in [4.78, 5) is 0. The summed E-state index contributed by atoms with van der Waals surface area (Å²) in [6.07, 6.45) is 21.0. The van der Waals surface area contributed by atoms with Gasteiger partial charge in [0.1, 0.15) is 0 Å². The minimum atomic E-state index is 0.727. The van der Waals surface area contributed by atoms with Crippen LogP contribution in [0.15, 0.2) is 30.8 Å². The van der Waals surface area contributed by atoms with Gasteiger partial charge in [-0.1, -0.05) is 114 Å². The normalized spacial score (nSPS) is 11.0. The van der Waals surface area contributed by atoms with E-state index in [1.807, 2.05) is 6.08 Å². The summed E-state index contributed by atoms with van der Waals surface area (Å²) < 4.78 is 5.77. The number of benzene rings is 1. The molecule has 0 aliphatic rings. The molecule has 0 unspecified atom stereocenters. The van der Waals surface area contributed by atoms with Crippen LogP contribution in [0.25, 0.3) is 6.08 Å². The van der Waals surface area contributed by atoms with Crippen molar-refractivity contribution in [3.05, 3.63) is 42.0 Å². The Hall–Kier alpha value is -1.12. The lowest BCUT2D eigenvalue weighted by molar-refractivity contribution is 0.116. The van der Waals surface area contributed by atoms with Crippen molar-refractivity contribution >= 4 is 6.08 Å². The molecule has 0 amide bonds. The third-order valence-corrected chi connectivity index (χ3v) is 5.23. The van der Waals surface area contributed by atoms with Gasteiger partial charge in [0.25, 0.3) is 0 Å². The number of unbranched alkanes of at least 4 members (excludes halogenated alkanes) is 13. The maximum atomic E-state index is 5.77. The van der Waals surface area contributed by atoms with E-state index in [9.17, 15) is 0 Å². The summed E-state index contributed by atoms with van der Waals surface area (Å²) in [7, 11) is 0. The maximum absolute atomic E-state index is 5.77. The van der Waals surface area contributed by atoms with Crippen molar-refractivity contribution in [1.29, 1.82) is 0 Å². The standard InChI is InChI=1S/C25H43NO/c1-2-24-17-19-25(20-18-24)23-27-22-16-14-12-10-8-6-4-3-5-7-9-11-13-15-21-26/h2,17-20H,1,3-16,21-23,26H2. The van der Waals surface area contributed by atoms with Crippen LogP contribution in [0.4, 0.5) is 0 Å². The Kier molecular flexibility index (Phi) is 16.2. The van der Waals surface area contributed by atoms with Gasteiger partial charge in [-0.25, -0.2) is 0 Å². The Morgan fingerprint density at radius 3 is 1.56 bits per heavy atom. The average Bonchev–Trinajstić information content (AvgIpc) is 2.70. The van der Waals surface area contributed by atoms with Gasteiger partial charge in [0.2, 0.25) is 0 Å². The Morgan fingerprint density at radius 2 is 1.11 bits per heavy atom. The molecule has 2 heteroatoms. The number of rotatable bonds is 19. The number of nitrogens with two attached hydrogens (primary N) is 1. The number of hydrogen-bond donors (Lipinski definition) is 1. The largest absolute Gasteiger partial charge is 0.377 e. The van der Waals surface area contributed by atoms with Crippen molar-refractivity contribution < 1.29 is 4.74 Å². The van der Waals surface area contributed by atoms with E-state index in [1.54, 1.807) is 0 Å². The molecular formula is C25H43NO. The summed E-state index contributed by atoms with van der Waals surface area (Å²) in [5, 5.41) is 0. The minimum absolute atomic E-state index is 0.727. The Labute approximate surface area is 168 Å². The molecule has 0 heterocycles. The zero-order chi connectivity index (χ0) is 19.4. The fourth-order valence-electron chi connectivity index (χ4n) is 3.41. The molecular weight excluding hydrogens is 330 g/mol. The smallest absolute Gasteiger partial charge is 0.0716 e. The molecule has 0 saturated heterocycles. The maximum Gasteiger partial charge on any atom is 0.0716 e. The van der Waals surface area contributed by atoms with Crippen molar-refractivity contribution in [1.82, 2.24) is 0 Å². The molecule has 1 aromatic carbocycles. The van der Waals surface area contributed by atoms with E-state index in [4.69, 9.17) is 10.5 Å². The molecule has 1 aromatic rings. The Balaban J connectivity index is 1.76. The molecule has 0 fully saturated rings. The third-order valence-electron chi connectivity index (χ3n) is 5.23. The molecule has 0 aromatic heterocycles. The summed E-state index contributed by atoms with van der Waals surface area (Å²) >= 11 is 0. The molecule has 1 rings (SSSR count). The Bertz CT molecular complexity index is 440. The fraction of sp³-hybridized carbons (Fsp3) is 0.680. The van der Waals surface area contributed by atoms with Crippen LogP contribution in [0.1, 0.15) is 101 Å². The highest BCUT2D eigenvalue weighted by molar-refractivity contribution is 5.47. The van der Waals surface area contributed by atoms with E-state index >= 15 is 0 Å². The molecule has 0 saturated carbocycles. The second-order valence-electron chi connectivity index (χ2n) is 7.74. The monoisotopic (exact) mass is 373 g/mol. The van der Waals surface area contributed by atoms with Gasteiger partial charge in [-0.05, 0) is 30.5 Å². The highest BCUT2D eigenvalue weighted by Crippen LogP contribution is 2.13. The van der Waals surface area contributed by atoms with Gasteiger partial charge >= 0.3 is 0 Å². The van der Waals surface area contributed by atoms with Gasteiger partial charge in [0.05, 0.1) is 6.61 Å². The number of ether oxygens (including phenoxy) is 1. The van der Waals surface area contributed by atoms with Crippen molar-refractivity contribution in [3.63, 3.8) is 0 Å². The SMILES string of the molecule is C=Cc1ccc(COCCCCCCCCCCCCCCCCN)cc1. The molecule has 154 valence electrons. The van der Waals surface area contributed by atoms with Gasteiger partial charge in [-0.15, -0.1) is 0 Å². The molecule has 2 N–H and O–H groups in total. The van der Waals surface area contributed by atoms with E-state index in [0.29, 0.717) is 0 Å². The predicted molar refractivity (Wildman–Crippen MR) is 120 cm³/mol. The zero-order valence-corrected chi connectivity index (χ0v) is 17.6. The Morgan fingerprint density at radius 1 is 0.667 bits per heavy atom. The molecule has 0 atom stereocenters. The molecule has 2 nitrogen and oxygen atoms in total. The highest BCUT2D eigenvalue weighted by atomic mass is 16.5. The summed E-state index contributed by atoms with van der Waals surface area (Å²) in [6, 6.07) is 8.43. The first-order valence-electron chi connectivity index (χ1n) is 11.4. The lowest BCUT2D eigenvalue weighted by atomic mass is 10.0. The van der Waals surface area contributed by atoms with Crippen LogP contribution in [0.3, 0.4) is 0 Å². The van der Waals surface area contributed by atoms with E-state index in [1.165, 1.54) is 95.5 Å². The van der Waals surface area contributed by atoms with Crippen LogP contribution in [-0.4, -0.2) is 13.2 Å². The van der Waals surface area contributed by atoms with Gasteiger partial charge in [0.15, 0.2) is 0 Å². The van der Waals surface area contributed by atoms with Crippen molar-refractivity contribution in [2.45, 2.75) is 96.5 Å². The summed E-state index contributed by atoms with van der Waals surface area (Å²) in [5.74, 6) is 0. The summed E-state index contributed by atoms with van der Waals surface area (Å²) in [5.41, 5.74) is 7.92. The van der Waals surface area contributed by atoms with Crippen LogP contribution >= 0.6 is 0 Å². The van der Waals surface area contributed by atoms with Crippen LogP contribution < -0.4 is 5.73 Å². The first-order chi connectivity index (χ1) is 13.4. The number of hydrogen-bond acceptors (Lipinski definition) is 2. The van der Waals surface area contributed by atoms with Crippen LogP contribution in [0.2, 0.25) is 0 Å². The first kappa shape index (κ1) is 23.9. The predicted octanol–water partition coefficient (Wildman–Crippen LogP) is 7.27. The first-order valence-corrected chi connectivity index (χ1v) is 11.4. The van der Waals surface area contributed by atoms with E-state index in [-0.39, 0.29) is 0 Å². The molecule has 0 aliphatic heterocycles. The van der Waals surface area contributed by atoms with Gasteiger partial charge in [-0.3, -0.25) is 0 Å². The van der Waals surface area contributed by atoms with Crippen molar-refractivity contribution in [3.8, 4) is 0 Å². The second-order valence-corrected chi connectivity index (χ2v) is 7.74. The molecule has 0 aliphatic carbocycles. The zero-order valence-electron chi connectivity index (χ0n) is 17.6. The summed E-state index contributed by atoms with van der Waals surface area (Å²) in [6.45, 7) is 6.25. The van der Waals surface area contributed by atoms with E-state index < -0.39 is 0 Å². The van der Waals surface area contributed by atoms with Gasteiger partial charge in [0, 0.05) is 6.61 Å². The van der Waals surface area contributed by atoms with Gasteiger partial charge < -0.3 is 10.5 Å². The van der Waals surface area contributed by atoms with Gasteiger partial charge in [-0.2, -0.15) is 0 Å². The molecule has 0 bridgehead atoms. The topological polar surface area (TPSA) is 35.2 Å². The molecule has 0 radical (unpaired) electrons. The van der Waals surface area contributed by atoms with Crippen molar-refractivity contribution in [2.24, 2.45) is 5.73 Å². The second kappa shape index (κ2) is 18.3. The lowest BCUT2D eigenvalue weighted by Crippen LogP contribution is -1.97. The van der Waals surface area contributed by atoms with Crippen molar-refractivity contribution in [2.75, 3.05) is 13.2 Å². The quantitative estimate of drug-likeness (QED) is 0.259. The lowest BCUT2D eigenvalue weighted by Gasteiger charge is -2.05. The van der Waals surface area contributed by atoms with E-state index in [0.717, 1.165) is 25.3 Å². The average molecular weight is 374 g/mol. The minimum Gasteiger partial charge on any atom is -0.377 e. The van der Waals surface area contributed by atoms with Crippen LogP contribution in [0, 0.1) is 0 Å².